The first-order valence-electron chi connectivity index (χ1n) is 5.33. The van der Waals surface area contributed by atoms with E-state index in [1.165, 1.54) is 0 Å². The van der Waals surface area contributed by atoms with Crippen LogP contribution in [-0.2, 0) is 6.54 Å². The Hall–Kier alpha value is -1.16. The van der Waals surface area contributed by atoms with Gasteiger partial charge in [0, 0.05) is 25.4 Å². The summed E-state index contributed by atoms with van der Waals surface area (Å²) in [4.78, 5) is 0. The Morgan fingerprint density at radius 3 is 2.50 bits per heavy atom. The largest absolute Gasteiger partial charge is 0.497 e. The van der Waals surface area contributed by atoms with Crippen molar-refractivity contribution in [2.45, 2.75) is 18.9 Å². The van der Waals surface area contributed by atoms with Crippen molar-refractivity contribution in [2.75, 3.05) is 13.7 Å². The van der Waals surface area contributed by atoms with Crippen LogP contribution in [0.2, 0.25) is 0 Å². The molecule has 1 fully saturated rings. The topological polar surface area (TPSA) is 21.3 Å². The van der Waals surface area contributed by atoms with Crippen LogP contribution in [0.1, 0.15) is 12.0 Å². The number of benzene rings is 1. The van der Waals surface area contributed by atoms with Crippen molar-refractivity contribution < 1.29 is 13.5 Å². The Kier molecular flexibility index (Phi) is 3.10. The lowest BCUT2D eigenvalue weighted by molar-refractivity contribution is 0.0986. The van der Waals surface area contributed by atoms with Crippen molar-refractivity contribution in [2.24, 2.45) is 5.92 Å². The predicted molar refractivity (Wildman–Crippen MR) is 57.8 cm³/mol. The zero-order valence-electron chi connectivity index (χ0n) is 9.17. The molecule has 0 unspecified atom stereocenters. The summed E-state index contributed by atoms with van der Waals surface area (Å²) in [6.07, 6.45) is 0.0304. The molecule has 1 atom stereocenters. The lowest BCUT2D eigenvalue weighted by Gasteiger charge is -2.05. The summed E-state index contributed by atoms with van der Waals surface area (Å²) in [7, 11) is 1.61. The summed E-state index contributed by atoms with van der Waals surface area (Å²) in [5.74, 6) is -2.09. The van der Waals surface area contributed by atoms with Crippen LogP contribution in [0.5, 0.6) is 5.75 Å². The molecule has 0 amide bonds. The number of ether oxygens (including phenoxy) is 1. The van der Waals surface area contributed by atoms with Gasteiger partial charge in [0.1, 0.15) is 5.75 Å². The average molecular weight is 227 g/mol. The highest BCUT2D eigenvalue weighted by Crippen LogP contribution is 2.47. The van der Waals surface area contributed by atoms with Crippen LogP contribution in [0.25, 0.3) is 0 Å². The van der Waals surface area contributed by atoms with Gasteiger partial charge >= 0.3 is 0 Å². The molecule has 1 aromatic carbocycles. The molecule has 2 rings (SSSR count). The minimum Gasteiger partial charge on any atom is -0.497 e. The van der Waals surface area contributed by atoms with Crippen molar-refractivity contribution in [1.82, 2.24) is 5.32 Å². The molecule has 1 aromatic rings. The maximum absolute atomic E-state index is 12.6. The molecule has 1 aliphatic carbocycles. The number of hydrogen-bond donors (Lipinski definition) is 1. The fraction of sp³-hybridized carbons (Fsp3) is 0.500. The molecule has 2 nitrogen and oxygen atoms in total. The van der Waals surface area contributed by atoms with Crippen molar-refractivity contribution >= 4 is 0 Å². The minimum absolute atomic E-state index is 0.0304. The van der Waals surface area contributed by atoms with E-state index in [0.29, 0.717) is 13.1 Å². The summed E-state index contributed by atoms with van der Waals surface area (Å²) in [6, 6.07) is 7.58. The van der Waals surface area contributed by atoms with Gasteiger partial charge in [-0.3, -0.25) is 0 Å². The molecule has 1 N–H and O–H groups in total. The third kappa shape index (κ3) is 2.70. The van der Waals surface area contributed by atoms with E-state index in [4.69, 9.17) is 4.74 Å². The Labute approximate surface area is 93.6 Å². The quantitative estimate of drug-likeness (QED) is 0.834. The van der Waals surface area contributed by atoms with Gasteiger partial charge in [-0.1, -0.05) is 12.1 Å². The second-order valence-electron chi connectivity index (χ2n) is 4.14. The molecule has 0 bridgehead atoms. The first kappa shape index (κ1) is 11.3. The highest BCUT2D eigenvalue weighted by Gasteiger charge is 2.56. The molecular weight excluding hydrogens is 212 g/mol. The van der Waals surface area contributed by atoms with Crippen LogP contribution in [-0.4, -0.2) is 19.6 Å². The standard InChI is InChI=1S/C12H15F2NO/c1-16-11-4-2-9(3-5-11)7-15-8-10-6-12(10,13)14/h2-5,10,15H,6-8H2,1H3/t10-/m1/s1. The fourth-order valence-electron chi connectivity index (χ4n) is 1.63. The van der Waals surface area contributed by atoms with Crippen LogP contribution >= 0.6 is 0 Å². The van der Waals surface area contributed by atoms with Gasteiger partial charge in [-0.05, 0) is 17.7 Å². The Morgan fingerprint density at radius 1 is 1.38 bits per heavy atom. The summed E-state index contributed by atoms with van der Waals surface area (Å²) in [5, 5.41) is 3.04. The van der Waals surface area contributed by atoms with E-state index in [0.717, 1.165) is 11.3 Å². The number of nitrogens with one attached hydrogen (secondary N) is 1. The van der Waals surface area contributed by atoms with E-state index in [2.05, 4.69) is 5.32 Å². The van der Waals surface area contributed by atoms with E-state index >= 15 is 0 Å². The average Bonchev–Trinajstić information content (AvgIpc) is 2.87. The molecule has 1 aliphatic rings. The van der Waals surface area contributed by atoms with Crippen molar-refractivity contribution in [3.63, 3.8) is 0 Å². The maximum Gasteiger partial charge on any atom is 0.252 e. The van der Waals surface area contributed by atoms with E-state index in [1.54, 1.807) is 7.11 Å². The zero-order chi connectivity index (χ0) is 11.6. The smallest absolute Gasteiger partial charge is 0.252 e. The molecule has 0 heterocycles. The van der Waals surface area contributed by atoms with Gasteiger partial charge in [0.05, 0.1) is 7.11 Å². The summed E-state index contributed by atoms with van der Waals surface area (Å²) in [6.45, 7) is 1.01. The molecule has 4 heteroatoms. The first-order valence-corrected chi connectivity index (χ1v) is 5.33. The molecule has 1 saturated carbocycles. The highest BCUT2D eigenvalue weighted by atomic mass is 19.3. The lowest BCUT2D eigenvalue weighted by atomic mass is 10.2. The third-order valence-corrected chi connectivity index (χ3v) is 2.83. The SMILES string of the molecule is COc1ccc(CNC[C@H]2CC2(F)F)cc1. The lowest BCUT2D eigenvalue weighted by Crippen LogP contribution is -2.18. The Bertz CT molecular complexity index is 351. The van der Waals surface area contributed by atoms with Gasteiger partial charge in [-0.25, -0.2) is 8.78 Å². The molecule has 88 valence electrons. The van der Waals surface area contributed by atoms with E-state index in [-0.39, 0.29) is 6.42 Å². The predicted octanol–water partition coefficient (Wildman–Crippen LogP) is 2.44. The normalized spacial score (nSPS) is 21.8. The van der Waals surface area contributed by atoms with Crippen molar-refractivity contribution in [1.29, 1.82) is 0 Å². The first-order chi connectivity index (χ1) is 7.62. The fourth-order valence-corrected chi connectivity index (χ4v) is 1.63. The molecule has 0 aliphatic heterocycles. The van der Waals surface area contributed by atoms with E-state index in [9.17, 15) is 8.78 Å². The molecule has 0 aromatic heterocycles. The number of alkyl halides is 2. The van der Waals surface area contributed by atoms with Crippen LogP contribution in [0.15, 0.2) is 24.3 Å². The number of halogens is 2. The second kappa shape index (κ2) is 4.37. The summed E-state index contributed by atoms with van der Waals surface area (Å²) >= 11 is 0. The van der Waals surface area contributed by atoms with Gasteiger partial charge in [-0.15, -0.1) is 0 Å². The van der Waals surface area contributed by atoms with Crippen molar-refractivity contribution in [3.8, 4) is 5.75 Å². The van der Waals surface area contributed by atoms with Crippen LogP contribution in [0, 0.1) is 5.92 Å². The summed E-state index contributed by atoms with van der Waals surface area (Å²) < 4.78 is 30.2. The molecular formula is C12H15F2NO. The van der Waals surface area contributed by atoms with Gasteiger partial charge in [0.25, 0.3) is 5.92 Å². The molecule has 0 spiro atoms. The maximum atomic E-state index is 12.6. The van der Waals surface area contributed by atoms with Gasteiger partial charge < -0.3 is 10.1 Å². The van der Waals surface area contributed by atoms with Gasteiger partial charge in [0.15, 0.2) is 0 Å². The number of rotatable bonds is 5. The molecule has 0 saturated heterocycles. The van der Waals surface area contributed by atoms with Crippen LogP contribution in [0.4, 0.5) is 8.78 Å². The van der Waals surface area contributed by atoms with Crippen molar-refractivity contribution in [3.05, 3.63) is 29.8 Å². The van der Waals surface area contributed by atoms with Gasteiger partial charge in [-0.2, -0.15) is 0 Å². The van der Waals surface area contributed by atoms with Crippen LogP contribution in [0.3, 0.4) is 0 Å². The Morgan fingerprint density at radius 2 is 2.00 bits per heavy atom. The van der Waals surface area contributed by atoms with Crippen LogP contribution < -0.4 is 10.1 Å². The number of hydrogen-bond acceptors (Lipinski definition) is 2. The third-order valence-electron chi connectivity index (χ3n) is 2.83. The molecule has 16 heavy (non-hydrogen) atoms. The number of methoxy groups -OCH3 is 1. The summed E-state index contributed by atoms with van der Waals surface area (Å²) in [5.41, 5.74) is 1.07. The monoisotopic (exact) mass is 227 g/mol. The molecule has 0 radical (unpaired) electrons. The Balaban J connectivity index is 1.73. The zero-order valence-corrected chi connectivity index (χ0v) is 9.17. The highest BCUT2D eigenvalue weighted by molar-refractivity contribution is 5.27. The van der Waals surface area contributed by atoms with E-state index < -0.39 is 11.8 Å². The van der Waals surface area contributed by atoms with Gasteiger partial charge in [0.2, 0.25) is 0 Å². The van der Waals surface area contributed by atoms with E-state index in [1.807, 2.05) is 24.3 Å². The minimum atomic E-state index is -2.42. The second-order valence-corrected chi connectivity index (χ2v) is 4.14.